The smallest absolute Gasteiger partial charge is 0.143 e. The molecule has 4 nitrogen and oxygen atoms in total. The number of hydrogen-bond acceptors (Lipinski definition) is 4. The van der Waals surface area contributed by atoms with Crippen molar-refractivity contribution in [2.24, 2.45) is 0 Å². The highest BCUT2D eigenvalue weighted by Gasteiger charge is 2.13. The normalized spacial score (nSPS) is 13.8. The van der Waals surface area contributed by atoms with Gasteiger partial charge in [-0.15, -0.1) is 0 Å². The highest BCUT2D eigenvalue weighted by atomic mass is 35.5. The van der Waals surface area contributed by atoms with Crippen LogP contribution in [0.2, 0.25) is 10.0 Å². The van der Waals surface area contributed by atoms with E-state index in [1.807, 2.05) is 6.07 Å². The van der Waals surface area contributed by atoms with Gasteiger partial charge in [0.1, 0.15) is 12.4 Å². The summed E-state index contributed by atoms with van der Waals surface area (Å²) in [5.74, 6) is 0.657. The Morgan fingerprint density at radius 2 is 1.68 bits per heavy atom. The topological polar surface area (TPSA) is 33.7 Å². The fraction of sp³-hybridized carbons (Fsp3) is 0.280. The van der Waals surface area contributed by atoms with Crippen molar-refractivity contribution >= 4 is 34.6 Å². The Morgan fingerprint density at radius 3 is 2.39 bits per heavy atom. The lowest BCUT2D eigenvalue weighted by atomic mass is 10.1. The number of morpholine rings is 1. The number of nitrogens with one attached hydrogen (secondary N) is 1. The Bertz CT molecular complexity index is 1000. The molecular formula is C25H26Cl2N2O2. The summed E-state index contributed by atoms with van der Waals surface area (Å²) in [4.78, 5) is 2.33. The molecule has 0 spiro atoms. The van der Waals surface area contributed by atoms with Crippen LogP contribution in [0.25, 0.3) is 0 Å². The first kappa shape index (κ1) is 21.8. The van der Waals surface area contributed by atoms with Crippen LogP contribution in [-0.4, -0.2) is 26.3 Å². The zero-order valence-corrected chi connectivity index (χ0v) is 19.0. The van der Waals surface area contributed by atoms with Gasteiger partial charge in [0, 0.05) is 41.6 Å². The van der Waals surface area contributed by atoms with E-state index in [1.54, 1.807) is 6.07 Å². The molecule has 3 aromatic rings. The second-order valence-electron chi connectivity index (χ2n) is 7.65. The number of benzene rings is 3. The van der Waals surface area contributed by atoms with E-state index in [0.717, 1.165) is 43.1 Å². The van der Waals surface area contributed by atoms with Crippen LogP contribution < -0.4 is 15.0 Å². The quantitative estimate of drug-likeness (QED) is 0.450. The first-order chi connectivity index (χ1) is 15.1. The molecule has 1 N–H and O–H groups in total. The van der Waals surface area contributed by atoms with Gasteiger partial charge >= 0.3 is 0 Å². The standard InChI is InChI=1S/C25H26Cl2N2O2/c1-18-2-4-19(5-3-18)17-31-25-20(14-21(26)15-24(25)27)16-28-22-6-8-23(9-7-22)29-10-12-30-13-11-29/h2-9,14-15,28H,10-13,16-17H2,1H3. The van der Waals surface area contributed by atoms with E-state index in [1.165, 1.54) is 11.3 Å². The Balaban J connectivity index is 1.43. The molecular weight excluding hydrogens is 431 g/mol. The van der Waals surface area contributed by atoms with Gasteiger partial charge in [-0.2, -0.15) is 0 Å². The number of halogens is 2. The third-order valence-electron chi connectivity index (χ3n) is 5.32. The maximum atomic E-state index is 6.46. The molecule has 0 aromatic heterocycles. The van der Waals surface area contributed by atoms with E-state index in [4.69, 9.17) is 32.7 Å². The van der Waals surface area contributed by atoms with E-state index in [0.29, 0.717) is 28.9 Å². The maximum absolute atomic E-state index is 6.46. The van der Waals surface area contributed by atoms with Gasteiger partial charge in [0.15, 0.2) is 0 Å². The largest absolute Gasteiger partial charge is 0.487 e. The highest BCUT2D eigenvalue weighted by Crippen LogP contribution is 2.34. The van der Waals surface area contributed by atoms with Gasteiger partial charge in [0.25, 0.3) is 0 Å². The van der Waals surface area contributed by atoms with Gasteiger partial charge in [-0.25, -0.2) is 0 Å². The van der Waals surface area contributed by atoms with Gasteiger partial charge in [-0.05, 0) is 48.9 Å². The lowest BCUT2D eigenvalue weighted by Crippen LogP contribution is -2.36. The highest BCUT2D eigenvalue weighted by molar-refractivity contribution is 6.35. The average molecular weight is 457 g/mol. The minimum absolute atomic E-state index is 0.447. The molecule has 4 rings (SSSR count). The molecule has 1 saturated heterocycles. The molecule has 3 aromatic carbocycles. The van der Waals surface area contributed by atoms with Crippen molar-refractivity contribution in [2.75, 3.05) is 36.5 Å². The summed E-state index contributed by atoms with van der Waals surface area (Å²) in [6.45, 7) is 6.48. The van der Waals surface area contributed by atoms with Crippen molar-refractivity contribution in [1.82, 2.24) is 0 Å². The molecule has 0 atom stereocenters. The Labute approximate surface area is 193 Å². The second-order valence-corrected chi connectivity index (χ2v) is 8.49. The molecule has 6 heteroatoms. The van der Waals surface area contributed by atoms with Crippen molar-refractivity contribution < 1.29 is 9.47 Å². The van der Waals surface area contributed by atoms with Crippen molar-refractivity contribution in [3.05, 3.63) is 87.4 Å². The van der Waals surface area contributed by atoms with Gasteiger partial charge in [0.2, 0.25) is 0 Å². The summed E-state index contributed by atoms with van der Waals surface area (Å²) in [5, 5.41) is 4.55. The van der Waals surface area contributed by atoms with Crippen molar-refractivity contribution in [1.29, 1.82) is 0 Å². The molecule has 1 heterocycles. The first-order valence-corrected chi connectivity index (χ1v) is 11.2. The summed E-state index contributed by atoms with van der Waals surface area (Å²) >= 11 is 12.7. The minimum Gasteiger partial charge on any atom is -0.487 e. The molecule has 0 radical (unpaired) electrons. The molecule has 0 bridgehead atoms. The Morgan fingerprint density at radius 1 is 0.968 bits per heavy atom. The number of hydrogen-bond donors (Lipinski definition) is 1. The molecule has 1 fully saturated rings. The predicted molar refractivity (Wildman–Crippen MR) is 129 cm³/mol. The average Bonchev–Trinajstić information content (AvgIpc) is 2.79. The van der Waals surface area contributed by atoms with Crippen LogP contribution in [0.5, 0.6) is 5.75 Å². The molecule has 1 aliphatic rings. The van der Waals surface area contributed by atoms with Crippen molar-refractivity contribution in [2.45, 2.75) is 20.1 Å². The fourth-order valence-corrected chi connectivity index (χ4v) is 4.15. The van der Waals surface area contributed by atoms with E-state index in [2.05, 4.69) is 65.7 Å². The summed E-state index contributed by atoms with van der Waals surface area (Å²) in [6.07, 6.45) is 0. The van der Waals surface area contributed by atoms with E-state index in [-0.39, 0.29) is 0 Å². The number of aryl methyl sites for hydroxylation is 1. The molecule has 162 valence electrons. The van der Waals surface area contributed by atoms with Crippen molar-refractivity contribution in [3.63, 3.8) is 0 Å². The van der Waals surface area contributed by atoms with Crippen LogP contribution >= 0.6 is 23.2 Å². The molecule has 0 amide bonds. The minimum atomic E-state index is 0.447. The first-order valence-electron chi connectivity index (χ1n) is 10.4. The lowest BCUT2D eigenvalue weighted by molar-refractivity contribution is 0.122. The van der Waals surface area contributed by atoms with Crippen molar-refractivity contribution in [3.8, 4) is 5.75 Å². The zero-order chi connectivity index (χ0) is 21.6. The van der Waals surface area contributed by atoms with Crippen LogP contribution in [-0.2, 0) is 17.9 Å². The van der Waals surface area contributed by atoms with Gasteiger partial charge < -0.3 is 19.7 Å². The monoisotopic (exact) mass is 456 g/mol. The van der Waals surface area contributed by atoms with Crippen LogP contribution in [0.1, 0.15) is 16.7 Å². The fourth-order valence-electron chi connectivity index (χ4n) is 3.56. The third-order valence-corrected chi connectivity index (χ3v) is 5.81. The second kappa shape index (κ2) is 10.3. The summed E-state index contributed by atoms with van der Waals surface area (Å²) in [5.41, 5.74) is 5.47. The Hall–Kier alpha value is -2.40. The molecule has 1 aliphatic heterocycles. The van der Waals surface area contributed by atoms with Crippen LogP contribution in [0.3, 0.4) is 0 Å². The van der Waals surface area contributed by atoms with Gasteiger partial charge in [-0.3, -0.25) is 0 Å². The number of anilines is 2. The Kier molecular flexibility index (Phi) is 7.23. The van der Waals surface area contributed by atoms with E-state index >= 15 is 0 Å². The summed E-state index contributed by atoms with van der Waals surface area (Å²) in [7, 11) is 0. The SMILES string of the molecule is Cc1ccc(COc2c(Cl)cc(Cl)cc2CNc2ccc(N3CCOCC3)cc2)cc1. The van der Waals surface area contributed by atoms with E-state index in [9.17, 15) is 0 Å². The van der Waals surface area contributed by atoms with E-state index < -0.39 is 0 Å². The zero-order valence-electron chi connectivity index (χ0n) is 17.5. The van der Waals surface area contributed by atoms with Crippen LogP contribution in [0.15, 0.2) is 60.7 Å². The molecule has 0 aliphatic carbocycles. The van der Waals surface area contributed by atoms with Crippen LogP contribution in [0.4, 0.5) is 11.4 Å². The van der Waals surface area contributed by atoms with Crippen LogP contribution in [0, 0.1) is 6.92 Å². The summed E-state index contributed by atoms with van der Waals surface area (Å²) in [6, 6.07) is 20.3. The maximum Gasteiger partial charge on any atom is 0.143 e. The lowest BCUT2D eigenvalue weighted by Gasteiger charge is -2.29. The third kappa shape index (κ3) is 5.85. The molecule has 31 heavy (non-hydrogen) atoms. The number of ether oxygens (including phenoxy) is 2. The number of nitrogens with zero attached hydrogens (tertiary/aromatic N) is 1. The molecule has 0 unspecified atom stereocenters. The summed E-state index contributed by atoms with van der Waals surface area (Å²) < 4.78 is 11.5. The molecule has 0 saturated carbocycles. The van der Waals surface area contributed by atoms with Gasteiger partial charge in [0.05, 0.1) is 18.2 Å². The predicted octanol–water partition coefficient (Wildman–Crippen LogP) is 6.33. The van der Waals surface area contributed by atoms with Gasteiger partial charge in [-0.1, -0.05) is 53.0 Å². The number of rotatable bonds is 7.